The first kappa shape index (κ1) is 20.4. The Hall–Kier alpha value is -2.38. The number of hydrogen-bond acceptors (Lipinski definition) is 4. The Kier molecular flexibility index (Phi) is 6.36. The lowest BCUT2D eigenvalue weighted by Gasteiger charge is -2.27. The third kappa shape index (κ3) is 4.72. The third-order valence-corrected chi connectivity index (χ3v) is 6.34. The van der Waals surface area contributed by atoms with Crippen molar-refractivity contribution in [3.05, 3.63) is 59.2 Å². The third-order valence-electron chi connectivity index (χ3n) is 4.94. The number of piperidine rings is 1. The van der Waals surface area contributed by atoms with Crippen LogP contribution in [0.25, 0.3) is 0 Å². The zero-order chi connectivity index (χ0) is 20.1. The van der Waals surface area contributed by atoms with E-state index in [1.807, 2.05) is 31.2 Å². The molecule has 3 rings (SSSR count). The van der Waals surface area contributed by atoms with Crippen LogP contribution in [0.4, 0.5) is 0 Å². The summed E-state index contributed by atoms with van der Waals surface area (Å²) in [6.07, 6.45) is 3.03. The second-order valence-corrected chi connectivity index (χ2v) is 8.79. The number of carbonyl (C=O) groups is 1. The number of sulfonamides is 1. The second-order valence-electron chi connectivity index (χ2n) is 7.03. The molecule has 2 aromatic carbocycles. The number of rotatable bonds is 6. The molecule has 6 nitrogen and oxygen atoms in total. The number of benzene rings is 2. The van der Waals surface area contributed by atoms with Gasteiger partial charge < -0.3 is 9.64 Å². The lowest BCUT2D eigenvalue weighted by atomic mass is 10.1. The van der Waals surface area contributed by atoms with Crippen LogP contribution in [0.2, 0.25) is 0 Å². The summed E-state index contributed by atoms with van der Waals surface area (Å²) >= 11 is 0. The Labute approximate surface area is 166 Å². The Morgan fingerprint density at radius 2 is 1.75 bits per heavy atom. The summed E-state index contributed by atoms with van der Waals surface area (Å²) in [6, 6.07) is 12.1. The molecule has 1 heterocycles. The maximum Gasteiger partial charge on any atom is 0.257 e. The number of ether oxygens (including phenoxy) is 1. The smallest absolute Gasteiger partial charge is 0.257 e. The molecule has 1 aliphatic heterocycles. The van der Waals surface area contributed by atoms with Crippen molar-refractivity contribution >= 4 is 15.9 Å². The minimum atomic E-state index is -3.76. The first-order chi connectivity index (χ1) is 13.4. The highest BCUT2D eigenvalue weighted by Crippen LogP contribution is 2.25. The van der Waals surface area contributed by atoms with Crippen LogP contribution in [0.5, 0.6) is 5.75 Å². The van der Waals surface area contributed by atoms with E-state index in [2.05, 4.69) is 4.72 Å². The van der Waals surface area contributed by atoms with Gasteiger partial charge in [-0.2, -0.15) is 0 Å². The molecule has 28 heavy (non-hydrogen) atoms. The van der Waals surface area contributed by atoms with Crippen LogP contribution in [0, 0.1) is 6.92 Å². The number of nitrogens with one attached hydrogen (secondary N) is 1. The zero-order valence-electron chi connectivity index (χ0n) is 16.3. The van der Waals surface area contributed by atoms with E-state index in [9.17, 15) is 13.2 Å². The molecule has 1 fully saturated rings. The minimum Gasteiger partial charge on any atom is -0.496 e. The molecule has 0 atom stereocenters. The van der Waals surface area contributed by atoms with Crippen LogP contribution >= 0.6 is 0 Å². The molecule has 1 aliphatic rings. The molecule has 1 saturated heterocycles. The molecule has 1 N–H and O–H groups in total. The normalized spacial score (nSPS) is 14.7. The molecule has 7 heteroatoms. The highest BCUT2D eigenvalue weighted by molar-refractivity contribution is 7.89. The summed E-state index contributed by atoms with van der Waals surface area (Å²) in [4.78, 5) is 14.7. The van der Waals surface area contributed by atoms with Crippen LogP contribution in [0.1, 0.15) is 40.7 Å². The molecule has 150 valence electrons. The number of hydrogen-bond donors (Lipinski definition) is 1. The van der Waals surface area contributed by atoms with Gasteiger partial charge in [-0.1, -0.05) is 29.8 Å². The van der Waals surface area contributed by atoms with Crippen molar-refractivity contribution in [3.8, 4) is 5.75 Å². The summed E-state index contributed by atoms with van der Waals surface area (Å²) in [5, 5.41) is 0. The first-order valence-corrected chi connectivity index (χ1v) is 10.9. The van der Waals surface area contributed by atoms with Gasteiger partial charge in [0, 0.05) is 19.6 Å². The predicted octanol–water partition coefficient (Wildman–Crippen LogP) is 3.11. The molecule has 0 saturated carbocycles. The fourth-order valence-corrected chi connectivity index (χ4v) is 4.30. The van der Waals surface area contributed by atoms with Crippen LogP contribution < -0.4 is 9.46 Å². The Morgan fingerprint density at radius 3 is 2.39 bits per heavy atom. The zero-order valence-corrected chi connectivity index (χ0v) is 17.1. The fourth-order valence-electron chi connectivity index (χ4n) is 3.26. The van der Waals surface area contributed by atoms with Gasteiger partial charge >= 0.3 is 0 Å². The standard InChI is InChI=1S/C21H26N2O4S/c1-16-6-8-17(9-7-16)15-22-28(25,26)18-10-11-20(27-2)19(14-18)21(24)23-12-4-3-5-13-23/h6-11,14,22H,3-5,12-13,15H2,1-2H3. The highest BCUT2D eigenvalue weighted by Gasteiger charge is 2.24. The average molecular weight is 403 g/mol. The van der Waals surface area contributed by atoms with Crippen molar-refractivity contribution in [2.75, 3.05) is 20.2 Å². The predicted molar refractivity (Wildman–Crippen MR) is 108 cm³/mol. The quantitative estimate of drug-likeness (QED) is 0.806. The maximum absolute atomic E-state index is 12.9. The van der Waals surface area contributed by atoms with E-state index < -0.39 is 10.0 Å². The van der Waals surface area contributed by atoms with E-state index in [1.54, 1.807) is 4.90 Å². The Balaban J connectivity index is 1.82. The van der Waals surface area contributed by atoms with Gasteiger partial charge in [0.15, 0.2) is 0 Å². The number of amides is 1. The Bertz CT molecular complexity index is 933. The molecule has 0 aromatic heterocycles. The summed E-state index contributed by atoms with van der Waals surface area (Å²) in [5.41, 5.74) is 2.26. The molecular formula is C21H26N2O4S. The summed E-state index contributed by atoms with van der Waals surface area (Å²) < 4.78 is 33.4. The van der Waals surface area contributed by atoms with Gasteiger partial charge in [0.1, 0.15) is 5.75 Å². The van der Waals surface area contributed by atoms with Gasteiger partial charge in [0.2, 0.25) is 10.0 Å². The van der Waals surface area contributed by atoms with Gasteiger partial charge in [-0.05, 0) is 49.9 Å². The summed E-state index contributed by atoms with van der Waals surface area (Å²) in [7, 11) is -2.28. The fraction of sp³-hybridized carbons (Fsp3) is 0.381. The molecule has 0 aliphatic carbocycles. The van der Waals surface area contributed by atoms with E-state index in [1.165, 1.54) is 25.3 Å². The van der Waals surface area contributed by atoms with Crippen LogP contribution in [0.15, 0.2) is 47.4 Å². The molecular weight excluding hydrogens is 376 g/mol. The molecule has 0 unspecified atom stereocenters. The van der Waals surface area contributed by atoms with Crippen molar-refractivity contribution in [1.82, 2.24) is 9.62 Å². The monoisotopic (exact) mass is 402 g/mol. The van der Waals surface area contributed by atoms with E-state index in [4.69, 9.17) is 4.74 Å². The SMILES string of the molecule is COc1ccc(S(=O)(=O)NCc2ccc(C)cc2)cc1C(=O)N1CCCCC1. The largest absolute Gasteiger partial charge is 0.496 e. The van der Waals surface area contributed by atoms with Crippen LogP contribution in [-0.4, -0.2) is 39.4 Å². The number of carbonyl (C=O) groups excluding carboxylic acids is 1. The first-order valence-electron chi connectivity index (χ1n) is 9.43. The topological polar surface area (TPSA) is 75.7 Å². The highest BCUT2D eigenvalue weighted by atomic mass is 32.2. The van der Waals surface area contributed by atoms with Crippen molar-refractivity contribution in [1.29, 1.82) is 0 Å². The maximum atomic E-state index is 12.9. The molecule has 0 radical (unpaired) electrons. The molecule has 0 spiro atoms. The lowest BCUT2D eigenvalue weighted by Crippen LogP contribution is -2.36. The number of aryl methyl sites for hydroxylation is 1. The van der Waals surface area contributed by atoms with E-state index in [-0.39, 0.29) is 22.9 Å². The van der Waals surface area contributed by atoms with Crippen molar-refractivity contribution in [2.45, 2.75) is 37.6 Å². The van der Waals surface area contributed by atoms with Gasteiger partial charge in [-0.3, -0.25) is 4.79 Å². The van der Waals surface area contributed by atoms with Gasteiger partial charge in [-0.15, -0.1) is 0 Å². The lowest BCUT2D eigenvalue weighted by molar-refractivity contribution is 0.0720. The minimum absolute atomic E-state index is 0.0563. The van der Waals surface area contributed by atoms with Gasteiger partial charge in [0.25, 0.3) is 5.91 Å². The summed E-state index contributed by atoms with van der Waals surface area (Å²) in [6.45, 7) is 3.53. The van der Waals surface area contributed by atoms with Crippen LogP contribution in [-0.2, 0) is 16.6 Å². The summed E-state index contributed by atoms with van der Waals surface area (Å²) in [5.74, 6) is 0.195. The molecule has 1 amide bonds. The van der Waals surface area contributed by atoms with E-state index in [0.717, 1.165) is 30.4 Å². The van der Waals surface area contributed by atoms with Gasteiger partial charge in [0.05, 0.1) is 17.6 Å². The van der Waals surface area contributed by atoms with Gasteiger partial charge in [-0.25, -0.2) is 13.1 Å². The molecule has 2 aromatic rings. The van der Waals surface area contributed by atoms with Crippen LogP contribution in [0.3, 0.4) is 0 Å². The average Bonchev–Trinajstić information content (AvgIpc) is 2.73. The van der Waals surface area contributed by atoms with Crippen molar-refractivity contribution in [3.63, 3.8) is 0 Å². The van der Waals surface area contributed by atoms with E-state index >= 15 is 0 Å². The number of nitrogens with zero attached hydrogens (tertiary/aromatic N) is 1. The number of methoxy groups -OCH3 is 1. The van der Waals surface area contributed by atoms with Crippen molar-refractivity contribution < 1.29 is 17.9 Å². The second kappa shape index (κ2) is 8.75. The van der Waals surface area contributed by atoms with E-state index in [0.29, 0.717) is 18.8 Å². The van der Waals surface area contributed by atoms with Crippen molar-refractivity contribution in [2.24, 2.45) is 0 Å². The molecule has 0 bridgehead atoms. The Morgan fingerprint density at radius 1 is 1.07 bits per heavy atom. The number of likely N-dealkylation sites (tertiary alicyclic amines) is 1.